The highest BCUT2D eigenvalue weighted by Gasteiger charge is 2.30. The Morgan fingerprint density at radius 2 is 1.77 bits per heavy atom. The number of rotatable bonds is 8. The topological polar surface area (TPSA) is 75.7 Å². The van der Waals surface area contributed by atoms with Gasteiger partial charge in [-0.2, -0.15) is 0 Å². The first kappa shape index (κ1) is 24.7. The van der Waals surface area contributed by atoms with E-state index in [1.54, 1.807) is 13.0 Å². The minimum absolute atomic E-state index is 0.0595. The fourth-order valence-corrected chi connectivity index (χ4v) is 4.66. The van der Waals surface area contributed by atoms with Crippen molar-refractivity contribution in [3.05, 3.63) is 59.2 Å². The van der Waals surface area contributed by atoms with Crippen LogP contribution in [0.2, 0.25) is 0 Å². The Labute approximate surface area is 186 Å². The highest BCUT2D eigenvalue weighted by molar-refractivity contribution is 7.92. The number of hydrogen-bond donors (Lipinski definition) is 1. The smallest absolute Gasteiger partial charge is 0.243 e. The molecule has 2 aromatic rings. The first-order valence-electron chi connectivity index (χ1n) is 10.4. The molecule has 0 saturated heterocycles. The first-order chi connectivity index (χ1) is 14.3. The van der Waals surface area contributed by atoms with Gasteiger partial charge >= 0.3 is 0 Å². The summed E-state index contributed by atoms with van der Waals surface area (Å²) < 4.78 is 32.1. The molecule has 2 rings (SSSR count). The van der Waals surface area contributed by atoms with Crippen molar-refractivity contribution in [1.29, 1.82) is 0 Å². The van der Waals surface area contributed by atoms with Crippen LogP contribution in [0.1, 0.15) is 44.4 Å². The molecule has 0 bridgehead atoms. The van der Waals surface area contributed by atoms with Crippen molar-refractivity contribution in [2.45, 2.75) is 53.0 Å². The van der Waals surface area contributed by atoms with Gasteiger partial charge in [0.2, 0.25) is 15.9 Å². The van der Waals surface area contributed by atoms with Crippen LogP contribution >= 0.6 is 0 Å². The second-order valence-electron chi connectivity index (χ2n) is 8.91. The predicted molar refractivity (Wildman–Crippen MR) is 126 cm³/mol. The molecule has 0 aliphatic carbocycles. The quantitative estimate of drug-likeness (QED) is 0.623. The molecule has 2 aromatic carbocycles. The van der Waals surface area contributed by atoms with Crippen LogP contribution in [-0.4, -0.2) is 39.8 Å². The first-order valence-corrected chi connectivity index (χ1v) is 12.2. The van der Waals surface area contributed by atoms with Crippen molar-refractivity contribution in [3.63, 3.8) is 0 Å². The molecular formula is C24H34N2O4S. The van der Waals surface area contributed by atoms with E-state index in [0.29, 0.717) is 5.69 Å². The summed E-state index contributed by atoms with van der Waals surface area (Å²) in [6.45, 7) is 12.2. The maximum Gasteiger partial charge on any atom is 0.243 e. The summed E-state index contributed by atoms with van der Waals surface area (Å²) in [6, 6.07) is 12.5. The van der Waals surface area contributed by atoms with Crippen molar-refractivity contribution >= 4 is 21.6 Å². The maximum atomic E-state index is 12.8. The highest BCUT2D eigenvalue weighted by Crippen LogP contribution is 2.31. The van der Waals surface area contributed by atoms with Crippen molar-refractivity contribution in [1.82, 2.24) is 5.32 Å². The van der Waals surface area contributed by atoms with Gasteiger partial charge in [-0.3, -0.25) is 9.10 Å². The van der Waals surface area contributed by atoms with Gasteiger partial charge in [0.25, 0.3) is 0 Å². The largest absolute Gasteiger partial charge is 0.491 e. The van der Waals surface area contributed by atoms with Crippen LogP contribution in [0.4, 0.5) is 5.69 Å². The summed E-state index contributed by atoms with van der Waals surface area (Å²) in [5.41, 5.74) is 3.26. The monoisotopic (exact) mass is 446 g/mol. The molecule has 0 saturated carbocycles. The molecule has 1 atom stereocenters. The Kier molecular flexibility index (Phi) is 7.76. The number of carbonyl (C=O) groups is 1. The number of aryl methyl sites for hydroxylation is 2. The standard InChI is InChI=1S/C24H34N2O4S/c1-17-12-13-18(2)21(16-17)26(31(7,28)29)19(3)23(27)25-14-15-30-22-11-9-8-10-20(22)24(4,5)6/h8-13,16,19H,14-15H2,1-7H3,(H,25,27). The van der Waals surface area contributed by atoms with Crippen LogP contribution in [0, 0.1) is 13.8 Å². The number of carbonyl (C=O) groups excluding carboxylic acids is 1. The number of benzene rings is 2. The Hall–Kier alpha value is -2.54. The van der Waals surface area contributed by atoms with Crippen LogP contribution < -0.4 is 14.4 Å². The van der Waals surface area contributed by atoms with E-state index in [0.717, 1.165) is 28.7 Å². The lowest BCUT2D eigenvalue weighted by Gasteiger charge is -2.29. The SMILES string of the molecule is Cc1ccc(C)c(N(C(C)C(=O)NCCOc2ccccc2C(C)(C)C)S(C)(=O)=O)c1. The van der Waals surface area contributed by atoms with Crippen LogP contribution in [0.5, 0.6) is 5.75 Å². The second kappa shape index (κ2) is 9.73. The van der Waals surface area contributed by atoms with E-state index in [1.165, 1.54) is 4.31 Å². The van der Waals surface area contributed by atoms with Crippen molar-refractivity contribution in [2.24, 2.45) is 0 Å². The lowest BCUT2D eigenvalue weighted by Crippen LogP contribution is -2.48. The Balaban J connectivity index is 2.07. The van der Waals surface area contributed by atoms with Crippen molar-refractivity contribution < 1.29 is 17.9 Å². The van der Waals surface area contributed by atoms with Crippen molar-refractivity contribution in [3.8, 4) is 5.75 Å². The zero-order valence-corrected chi connectivity index (χ0v) is 20.3. The molecule has 31 heavy (non-hydrogen) atoms. The van der Waals surface area contributed by atoms with E-state index in [9.17, 15) is 13.2 Å². The predicted octanol–water partition coefficient (Wildman–Crippen LogP) is 3.95. The Morgan fingerprint density at radius 3 is 2.39 bits per heavy atom. The molecule has 7 heteroatoms. The molecule has 1 unspecified atom stereocenters. The van der Waals surface area contributed by atoms with E-state index in [1.807, 2.05) is 50.2 Å². The summed E-state index contributed by atoms with van der Waals surface area (Å²) in [7, 11) is -3.66. The highest BCUT2D eigenvalue weighted by atomic mass is 32.2. The van der Waals surface area contributed by atoms with Crippen LogP contribution in [-0.2, 0) is 20.2 Å². The Bertz CT molecular complexity index is 1030. The maximum absolute atomic E-state index is 12.8. The minimum atomic E-state index is -3.66. The van der Waals surface area contributed by atoms with Gasteiger partial charge in [-0.25, -0.2) is 8.42 Å². The number of nitrogens with zero attached hydrogens (tertiary/aromatic N) is 1. The molecule has 0 aliphatic rings. The van der Waals surface area contributed by atoms with Gasteiger partial charge in [0.05, 0.1) is 18.5 Å². The summed E-state index contributed by atoms with van der Waals surface area (Å²) in [4.78, 5) is 12.8. The average Bonchev–Trinajstić information content (AvgIpc) is 2.66. The zero-order valence-electron chi connectivity index (χ0n) is 19.5. The molecule has 0 heterocycles. The minimum Gasteiger partial charge on any atom is -0.491 e. The van der Waals surface area contributed by atoms with Gasteiger partial charge in [0.1, 0.15) is 18.4 Å². The average molecular weight is 447 g/mol. The van der Waals surface area contributed by atoms with Crippen molar-refractivity contribution in [2.75, 3.05) is 23.7 Å². The summed E-state index contributed by atoms with van der Waals surface area (Å²) >= 11 is 0. The van der Waals surface area contributed by atoms with Gasteiger partial charge in [0, 0.05) is 0 Å². The fraction of sp³-hybridized carbons (Fsp3) is 0.458. The number of hydrogen-bond acceptors (Lipinski definition) is 4. The molecular weight excluding hydrogens is 412 g/mol. The van der Waals surface area contributed by atoms with Gasteiger partial charge in [0.15, 0.2) is 0 Å². The number of ether oxygens (including phenoxy) is 1. The molecule has 0 radical (unpaired) electrons. The van der Waals surface area contributed by atoms with Gasteiger partial charge in [-0.1, -0.05) is 51.1 Å². The fourth-order valence-electron chi connectivity index (χ4n) is 3.43. The van der Waals surface area contributed by atoms with E-state index >= 15 is 0 Å². The third kappa shape index (κ3) is 6.47. The third-order valence-electron chi connectivity index (χ3n) is 5.04. The molecule has 1 amide bonds. The number of nitrogens with one attached hydrogen (secondary N) is 1. The van der Waals surface area contributed by atoms with Crippen LogP contribution in [0.3, 0.4) is 0 Å². The Morgan fingerprint density at radius 1 is 1.13 bits per heavy atom. The molecule has 0 aromatic heterocycles. The second-order valence-corrected chi connectivity index (χ2v) is 10.8. The number of para-hydroxylation sites is 1. The van der Waals surface area contributed by atoms with E-state index in [2.05, 4.69) is 26.1 Å². The number of anilines is 1. The normalized spacial score (nSPS) is 12.9. The lowest BCUT2D eigenvalue weighted by atomic mass is 9.86. The molecule has 170 valence electrons. The zero-order chi connectivity index (χ0) is 23.4. The molecule has 0 spiro atoms. The van der Waals surface area contributed by atoms with E-state index < -0.39 is 16.1 Å². The number of amides is 1. The van der Waals surface area contributed by atoms with Gasteiger partial charge < -0.3 is 10.1 Å². The van der Waals surface area contributed by atoms with Crippen LogP contribution in [0.25, 0.3) is 0 Å². The molecule has 1 N–H and O–H groups in total. The lowest BCUT2D eigenvalue weighted by molar-refractivity contribution is -0.121. The van der Waals surface area contributed by atoms with Gasteiger partial charge in [-0.05, 0) is 55.0 Å². The number of sulfonamides is 1. The van der Waals surface area contributed by atoms with Gasteiger partial charge in [-0.15, -0.1) is 0 Å². The van der Waals surface area contributed by atoms with E-state index in [4.69, 9.17) is 4.74 Å². The molecule has 0 aliphatic heterocycles. The van der Waals surface area contributed by atoms with Crippen LogP contribution in [0.15, 0.2) is 42.5 Å². The summed E-state index contributed by atoms with van der Waals surface area (Å²) in [5.74, 6) is 0.407. The summed E-state index contributed by atoms with van der Waals surface area (Å²) in [5, 5.41) is 2.80. The summed E-state index contributed by atoms with van der Waals surface area (Å²) in [6.07, 6.45) is 1.12. The van der Waals surface area contributed by atoms with E-state index in [-0.39, 0.29) is 24.5 Å². The molecule has 0 fully saturated rings. The third-order valence-corrected chi connectivity index (χ3v) is 6.27. The molecule has 6 nitrogen and oxygen atoms in total.